The quantitative estimate of drug-likeness (QED) is 0.892. The molecule has 3 nitrogen and oxygen atoms in total. The lowest BCUT2D eigenvalue weighted by Gasteiger charge is -2.33. The molecule has 1 aromatic rings. The summed E-state index contributed by atoms with van der Waals surface area (Å²) in [6, 6.07) is 3.76. The third-order valence-electron chi connectivity index (χ3n) is 3.71. The van der Waals surface area contributed by atoms with Crippen LogP contribution in [-0.2, 0) is 6.18 Å². The molecular formula is C14H21Cl2F3N2O. The second-order valence-corrected chi connectivity index (χ2v) is 4.92. The van der Waals surface area contributed by atoms with Gasteiger partial charge in [0.25, 0.3) is 0 Å². The minimum absolute atomic E-state index is 0. The van der Waals surface area contributed by atoms with Crippen LogP contribution in [0.2, 0.25) is 0 Å². The molecule has 1 aromatic carbocycles. The zero-order valence-corrected chi connectivity index (χ0v) is 14.1. The van der Waals surface area contributed by atoms with Crippen LogP contribution in [0.4, 0.5) is 13.2 Å². The number of rotatable bonds is 3. The molecule has 1 saturated heterocycles. The maximum Gasteiger partial charge on any atom is 0.416 e. The van der Waals surface area contributed by atoms with Crippen LogP contribution in [0.1, 0.15) is 24.1 Å². The predicted octanol–water partition coefficient (Wildman–Crippen LogP) is 3.52. The molecule has 1 aliphatic rings. The zero-order valence-electron chi connectivity index (χ0n) is 12.4. The van der Waals surface area contributed by atoms with Crippen molar-refractivity contribution in [3.05, 3.63) is 29.3 Å². The summed E-state index contributed by atoms with van der Waals surface area (Å²) in [5.74, 6) is 0.297. The lowest BCUT2D eigenvalue weighted by atomic mass is 10.0. The van der Waals surface area contributed by atoms with Crippen LogP contribution < -0.4 is 10.1 Å². The van der Waals surface area contributed by atoms with Crippen molar-refractivity contribution in [2.45, 2.75) is 19.1 Å². The smallest absolute Gasteiger partial charge is 0.416 e. The fraction of sp³-hybridized carbons (Fsp3) is 0.571. The second kappa shape index (κ2) is 8.82. The molecule has 22 heavy (non-hydrogen) atoms. The highest BCUT2D eigenvalue weighted by Crippen LogP contribution is 2.36. The van der Waals surface area contributed by atoms with Crippen LogP contribution in [0.25, 0.3) is 0 Å². The largest absolute Gasteiger partial charge is 0.496 e. The van der Waals surface area contributed by atoms with Crippen molar-refractivity contribution >= 4 is 24.8 Å². The number of methoxy groups -OCH3 is 1. The van der Waals surface area contributed by atoms with Crippen LogP contribution in [0.3, 0.4) is 0 Å². The molecule has 128 valence electrons. The van der Waals surface area contributed by atoms with E-state index in [1.54, 1.807) is 0 Å². The molecule has 1 aliphatic heterocycles. The third kappa shape index (κ3) is 4.91. The maximum atomic E-state index is 12.7. The number of benzene rings is 1. The standard InChI is InChI=1S/C14H19F3N2O.2ClH/c1-10(19-7-5-18-6-8-19)12-4-3-11(14(15,16)17)9-13(12)20-2;;/h3-4,9-10,18H,5-8H2,1-2H3;2*1H/t10-;;/m1../s1. The van der Waals surface area contributed by atoms with Crippen molar-refractivity contribution < 1.29 is 17.9 Å². The Morgan fingerprint density at radius 3 is 2.27 bits per heavy atom. The molecule has 0 aromatic heterocycles. The van der Waals surface area contributed by atoms with Gasteiger partial charge in [-0.15, -0.1) is 24.8 Å². The Morgan fingerprint density at radius 2 is 1.77 bits per heavy atom. The first-order chi connectivity index (χ1) is 9.43. The topological polar surface area (TPSA) is 24.5 Å². The van der Waals surface area contributed by atoms with E-state index in [-0.39, 0.29) is 30.9 Å². The van der Waals surface area contributed by atoms with Crippen molar-refractivity contribution in [1.82, 2.24) is 10.2 Å². The molecule has 0 radical (unpaired) electrons. The number of alkyl halides is 3. The Labute approximate surface area is 141 Å². The van der Waals surface area contributed by atoms with E-state index in [2.05, 4.69) is 10.2 Å². The van der Waals surface area contributed by atoms with Crippen molar-refractivity contribution in [2.75, 3.05) is 33.3 Å². The van der Waals surface area contributed by atoms with Gasteiger partial charge in [0.2, 0.25) is 0 Å². The summed E-state index contributed by atoms with van der Waals surface area (Å²) in [7, 11) is 1.41. The van der Waals surface area contributed by atoms with Crippen LogP contribution in [-0.4, -0.2) is 38.2 Å². The highest BCUT2D eigenvalue weighted by atomic mass is 35.5. The molecule has 8 heteroatoms. The average molecular weight is 361 g/mol. The van der Waals surface area contributed by atoms with Gasteiger partial charge in [0, 0.05) is 37.8 Å². The molecule has 0 amide bonds. The van der Waals surface area contributed by atoms with Crippen LogP contribution in [0.5, 0.6) is 5.75 Å². The first-order valence-electron chi connectivity index (χ1n) is 6.63. The Balaban J connectivity index is 0.00000220. The van der Waals surface area contributed by atoms with E-state index < -0.39 is 11.7 Å². The van der Waals surface area contributed by atoms with Gasteiger partial charge in [-0.3, -0.25) is 4.90 Å². The van der Waals surface area contributed by atoms with Gasteiger partial charge >= 0.3 is 6.18 Å². The minimum Gasteiger partial charge on any atom is -0.496 e. The van der Waals surface area contributed by atoms with Gasteiger partial charge in [-0.25, -0.2) is 0 Å². The van der Waals surface area contributed by atoms with Gasteiger partial charge in [-0.1, -0.05) is 6.07 Å². The first kappa shape index (κ1) is 21.3. The minimum atomic E-state index is -4.34. The fourth-order valence-corrected chi connectivity index (χ4v) is 2.50. The molecular weight excluding hydrogens is 340 g/mol. The predicted molar refractivity (Wildman–Crippen MR) is 85.3 cm³/mol. The first-order valence-corrected chi connectivity index (χ1v) is 6.63. The molecule has 1 fully saturated rings. The van der Waals surface area contributed by atoms with E-state index in [1.165, 1.54) is 13.2 Å². The van der Waals surface area contributed by atoms with Crippen LogP contribution in [0.15, 0.2) is 18.2 Å². The number of ether oxygens (including phenoxy) is 1. The third-order valence-corrected chi connectivity index (χ3v) is 3.71. The lowest BCUT2D eigenvalue weighted by molar-refractivity contribution is -0.137. The summed E-state index contributed by atoms with van der Waals surface area (Å²) in [4.78, 5) is 2.24. The molecule has 0 bridgehead atoms. The molecule has 0 aliphatic carbocycles. The van der Waals surface area contributed by atoms with E-state index in [1.807, 2.05) is 6.92 Å². The SMILES string of the molecule is COc1cc(C(F)(F)F)ccc1[C@@H](C)N1CCNCC1.Cl.Cl. The number of piperazine rings is 1. The monoisotopic (exact) mass is 360 g/mol. The molecule has 0 saturated carbocycles. The van der Waals surface area contributed by atoms with Gasteiger partial charge in [0.1, 0.15) is 5.75 Å². The van der Waals surface area contributed by atoms with Crippen molar-refractivity contribution in [2.24, 2.45) is 0 Å². The molecule has 1 atom stereocenters. The fourth-order valence-electron chi connectivity index (χ4n) is 2.50. The van der Waals surface area contributed by atoms with Crippen molar-refractivity contribution in [3.63, 3.8) is 0 Å². The van der Waals surface area contributed by atoms with Crippen LogP contribution >= 0.6 is 24.8 Å². The molecule has 2 rings (SSSR count). The summed E-state index contributed by atoms with van der Waals surface area (Å²) >= 11 is 0. The van der Waals surface area contributed by atoms with E-state index in [9.17, 15) is 13.2 Å². The van der Waals surface area contributed by atoms with Crippen molar-refractivity contribution in [3.8, 4) is 5.75 Å². The van der Waals surface area contributed by atoms with E-state index >= 15 is 0 Å². The maximum absolute atomic E-state index is 12.7. The number of nitrogens with zero attached hydrogens (tertiary/aromatic N) is 1. The lowest BCUT2D eigenvalue weighted by Crippen LogP contribution is -2.44. The van der Waals surface area contributed by atoms with Gasteiger partial charge in [-0.2, -0.15) is 13.2 Å². The molecule has 1 heterocycles. The Bertz CT molecular complexity index is 466. The average Bonchev–Trinajstić information content (AvgIpc) is 2.45. The summed E-state index contributed by atoms with van der Waals surface area (Å²) in [5.41, 5.74) is 0.119. The Morgan fingerprint density at radius 1 is 1.18 bits per heavy atom. The Hall–Kier alpha value is -0.690. The summed E-state index contributed by atoms with van der Waals surface area (Å²) in [6.07, 6.45) is -4.34. The van der Waals surface area contributed by atoms with Gasteiger partial charge < -0.3 is 10.1 Å². The van der Waals surface area contributed by atoms with Crippen LogP contribution in [0, 0.1) is 0 Å². The summed E-state index contributed by atoms with van der Waals surface area (Å²) in [5, 5.41) is 3.26. The Kier molecular flexibility index (Phi) is 8.54. The molecule has 0 spiro atoms. The number of hydrogen-bond donors (Lipinski definition) is 1. The normalized spacial score (nSPS) is 17.1. The summed E-state index contributed by atoms with van der Waals surface area (Å²) < 4.78 is 43.3. The van der Waals surface area contributed by atoms with Gasteiger partial charge in [-0.05, 0) is 19.1 Å². The van der Waals surface area contributed by atoms with E-state index in [0.717, 1.165) is 43.9 Å². The number of nitrogens with one attached hydrogen (secondary N) is 1. The van der Waals surface area contributed by atoms with Gasteiger partial charge in [0.05, 0.1) is 12.7 Å². The van der Waals surface area contributed by atoms with E-state index in [0.29, 0.717) is 5.75 Å². The number of halogens is 5. The van der Waals surface area contributed by atoms with E-state index in [4.69, 9.17) is 4.74 Å². The molecule has 1 N–H and O–H groups in total. The molecule has 0 unspecified atom stereocenters. The highest BCUT2D eigenvalue weighted by Gasteiger charge is 2.32. The summed E-state index contributed by atoms with van der Waals surface area (Å²) in [6.45, 7) is 5.55. The second-order valence-electron chi connectivity index (χ2n) is 4.92. The highest BCUT2D eigenvalue weighted by molar-refractivity contribution is 5.85. The van der Waals surface area contributed by atoms with Crippen molar-refractivity contribution in [1.29, 1.82) is 0 Å². The van der Waals surface area contributed by atoms with Gasteiger partial charge in [0.15, 0.2) is 0 Å². The zero-order chi connectivity index (χ0) is 14.8. The number of hydrogen-bond acceptors (Lipinski definition) is 3.